The van der Waals surface area contributed by atoms with E-state index in [2.05, 4.69) is 30.9 Å². The molecule has 0 bridgehead atoms. The van der Waals surface area contributed by atoms with Crippen LogP contribution in [-0.4, -0.2) is 57.3 Å². The molecule has 0 saturated carbocycles. The van der Waals surface area contributed by atoms with Gasteiger partial charge in [-0.15, -0.1) is 5.10 Å². The van der Waals surface area contributed by atoms with Gasteiger partial charge in [0.1, 0.15) is 24.2 Å². The van der Waals surface area contributed by atoms with Crippen molar-refractivity contribution in [3.63, 3.8) is 0 Å². The quantitative estimate of drug-likeness (QED) is 0.350. The molecule has 0 aliphatic carbocycles. The molecule has 5 rings (SSSR count). The van der Waals surface area contributed by atoms with Crippen LogP contribution in [0.3, 0.4) is 0 Å². The van der Waals surface area contributed by atoms with Crippen molar-refractivity contribution in [3.05, 3.63) is 54.4 Å². The van der Waals surface area contributed by atoms with E-state index in [1.807, 2.05) is 56.3 Å². The molecule has 11 nitrogen and oxygen atoms in total. The fourth-order valence-electron chi connectivity index (χ4n) is 3.97. The van der Waals surface area contributed by atoms with Crippen molar-refractivity contribution >= 4 is 34.0 Å². The zero-order valence-corrected chi connectivity index (χ0v) is 21.0. The average Bonchev–Trinajstić information content (AvgIpc) is 3.57. The molecule has 192 valence electrons. The van der Waals surface area contributed by atoms with E-state index in [9.17, 15) is 4.79 Å². The lowest BCUT2D eigenvalue weighted by atomic mass is 10.2. The first-order chi connectivity index (χ1) is 18.0. The lowest BCUT2D eigenvalue weighted by Gasteiger charge is -2.15. The number of methoxy groups -OCH3 is 1. The maximum absolute atomic E-state index is 12.5. The van der Waals surface area contributed by atoms with Crippen molar-refractivity contribution < 1.29 is 19.0 Å². The molecule has 0 spiro atoms. The first kappa shape index (κ1) is 24.4. The second kappa shape index (κ2) is 10.8. The summed E-state index contributed by atoms with van der Waals surface area (Å²) in [5, 5.41) is 15.1. The normalized spacial score (nSPS) is 15.2. The van der Waals surface area contributed by atoms with Gasteiger partial charge < -0.3 is 24.8 Å². The van der Waals surface area contributed by atoms with Gasteiger partial charge in [0.25, 0.3) is 0 Å². The topological polar surface area (TPSA) is 125 Å². The van der Waals surface area contributed by atoms with E-state index in [-0.39, 0.29) is 30.5 Å². The Balaban J connectivity index is 1.32. The van der Waals surface area contributed by atoms with E-state index in [1.54, 1.807) is 13.3 Å². The highest BCUT2D eigenvalue weighted by atomic mass is 16.6. The summed E-state index contributed by atoms with van der Waals surface area (Å²) in [6.07, 6.45) is 2.51. The first-order valence-corrected chi connectivity index (χ1v) is 12.1. The number of ether oxygens (including phenoxy) is 3. The predicted octanol–water partition coefficient (Wildman–Crippen LogP) is 3.90. The van der Waals surface area contributed by atoms with Gasteiger partial charge in [0.05, 0.1) is 36.9 Å². The molecule has 2 aromatic heterocycles. The Morgan fingerprint density at radius 3 is 2.68 bits per heavy atom. The molecule has 11 heteroatoms. The zero-order chi connectivity index (χ0) is 25.8. The van der Waals surface area contributed by atoms with Crippen LogP contribution >= 0.6 is 0 Å². The Bertz CT molecular complexity index is 1380. The molecule has 1 saturated heterocycles. The summed E-state index contributed by atoms with van der Waals surface area (Å²) in [5.74, 6) is 1.27. The predicted molar refractivity (Wildman–Crippen MR) is 138 cm³/mol. The summed E-state index contributed by atoms with van der Waals surface area (Å²) in [6.45, 7) is 5.33. The molecule has 1 fully saturated rings. The smallest absolute Gasteiger partial charge is 0.319 e. The number of fused-ring (bicyclic) bond motifs is 1. The number of benzene rings is 2. The zero-order valence-electron chi connectivity index (χ0n) is 21.0. The van der Waals surface area contributed by atoms with Gasteiger partial charge in [-0.05, 0) is 42.3 Å². The number of rotatable bonds is 9. The Kier molecular flexibility index (Phi) is 7.13. The summed E-state index contributed by atoms with van der Waals surface area (Å²) in [4.78, 5) is 21.7. The highest BCUT2D eigenvalue weighted by Crippen LogP contribution is 2.34. The third-order valence-electron chi connectivity index (χ3n) is 5.93. The van der Waals surface area contributed by atoms with Crippen molar-refractivity contribution in [1.82, 2.24) is 25.0 Å². The SMILES string of the molecule is COc1cccc2nc(OC3CCOC3)nc(Nc3ccc(NC(=O)Cn4cc(C(C)C)nn4)cc3)c12. The van der Waals surface area contributed by atoms with Crippen LogP contribution in [0.4, 0.5) is 17.2 Å². The molecule has 1 atom stereocenters. The third-order valence-corrected chi connectivity index (χ3v) is 5.93. The summed E-state index contributed by atoms with van der Waals surface area (Å²) in [7, 11) is 1.61. The summed E-state index contributed by atoms with van der Waals surface area (Å²) >= 11 is 0. The maximum atomic E-state index is 12.5. The number of carbonyl (C=O) groups is 1. The third kappa shape index (κ3) is 5.78. The van der Waals surface area contributed by atoms with E-state index in [0.717, 1.165) is 23.2 Å². The van der Waals surface area contributed by atoms with Gasteiger partial charge in [0, 0.05) is 24.0 Å². The molecule has 1 aliphatic rings. The molecule has 37 heavy (non-hydrogen) atoms. The van der Waals surface area contributed by atoms with E-state index in [4.69, 9.17) is 14.2 Å². The van der Waals surface area contributed by atoms with Crippen molar-refractivity contribution in [2.45, 2.75) is 38.8 Å². The van der Waals surface area contributed by atoms with Gasteiger partial charge in [-0.3, -0.25) is 4.79 Å². The van der Waals surface area contributed by atoms with Crippen molar-refractivity contribution in [1.29, 1.82) is 0 Å². The molecular formula is C26H29N7O4. The van der Waals surface area contributed by atoms with Crippen LogP contribution < -0.4 is 20.1 Å². The molecule has 4 aromatic rings. The van der Waals surface area contributed by atoms with Crippen LogP contribution in [0.25, 0.3) is 10.9 Å². The van der Waals surface area contributed by atoms with Crippen LogP contribution in [0.2, 0.25) is 0 Å². The molecular weight excluding hydrogens is 474 g/mol. The van der Waals surface area contributed by atoms with Crippen molar-refractivity contribution in [2.75, 3.05) is 31.0 Å². The van der Waals surface area contributed by atoms with Gasteiger partial charge in [0.2, 0.25) is 5.91 Å². The van der Waals surface area contributed by atoms with Gasteiger partial charge >= 0.3 is 6.01 Å². The van der Waals surface area contributed by atoms with Crippen LogP contribution in [0.5, 0.6) is 11.8 Å². The molecule has 0 radical (unpaired) electrons. The van der Waals surface area contributed by atoms with E-state index >= 15 is 0 Å². The number of nitrogens with zero attached hydrogens (tertiary/aromatic N) is 5. The number of hydrogen-bond acceptors (Lipinski definition) is 9. The number of aromatic nitrogens is 5. The molecule has 2 aromatic carbocycles. The van der Waals surface area contributed by atoms with E-state index in [0.29, 0.717) is 36.0 Å². The van der Waals surface area contributed by atoms with Gasteiger partial charge in [0.15, 0.2) is 0 Å². The Hall–Kier alpha value is -4.25. The molecule has 1 amide bonds. The van der Waals surface area contributed by atoms with Crippen LogP contribution in [0.1, 0.15) is 31.9 Å². The van der Waals surface area contributed by atoms with Crippen LogP contribution in [0, 0.1) is 0 Å². The average molecular weight is 504 g/mol. The maximum Gasteiger partial charge on any atom is 0.319 e. The van der Waals surface area contributed by atoms with Gasteiger partial charge in [-0.1, -0.05) is 25.1 Å². The van der Waals surface area contributed by atoms with Crippen molar-refractivity contribution in [2.24, 2.45) is 0 Å². The first-order valence-electron chi connectivity index (χ1n) is 12.1. The minimum Gasteiger partial charge on any atom is -0.496 e. The number of amides is 1. The van der Waals surface area contributed by atoms with Gasteiger partial charge in [-0.25, -0.2) is 4.68 Å². The molecule has 1 aliphatic heterocycles. The fourth-order valence-corrected chi connectivity index (χ4v) is 3.97. The summed E-state index contributed by atoms with van der Waals surface area (Å²) < 4.78 is 18.5. The number of carbonyl (C=O) groups excluding carboxylic acids is 1. The van der Waals surface area contributed by atoms with Gasteiger partial charge in [-0.2, -0.15) is 9.97 Å². The standard InChI is InChI=1S/C26H29N7O4/c1-16(2)21-13-33(32-31-21)14-23(34)27-17-7-9-18(10-8-17)28-25-24-20(5-4-6-22(24)35-3)29-26(30-25)37-19-11-12-36-15-19/h4-10,13,16,19H,11-12,14-15H2,1-3H3,(H,27,34)(H,28,29,30). The monoisotopic (exact) mass is 503 g/mol. The number of anilines is 3. The molecule has 2 N–H and O–H groups in total. The fraction of sp³-hybridized carbons (Fsp3) is 0.346. The molecule has 1 unspecified atom stereocenters. The number of nitrogens with one attached hydrogen (secondary N) is 2. The Labute approximate surface area is 214 Å². The summed E-state index contributed by atoms with van der Waals surface area (Å²) in [5.41, 5.74) is 2.98. The summed E-state index contributed by atoms with van der Waals surface area (Å²) in [6, 6.07) is 13.2. The minimum absolute atomic E-state index is 0.0757. The minimum atomic E-state index is -0.190. The highest BCUT2D eigenvalue weighted by molar-refractivity contribution is 5.96. The largest absolute Gasteiger partial charge is 0.496 e. The van der Waals surface area contributed by atoms with Crippen LogP contribution in [-0.2, 0) is 16.1 Å². The molecule has 3 heterocycles. The second-order valence-corrected chi connectivity index (χ2v) is 9.06. The Morgan fingerprint density at radius 2 is 1.97 bits per heavy atom. The lowest BCUT2D eigenvalue weighted by Crippen LogP contribution is -2.19. The highest BCUT2D eigenvalue weighted by Gasteiger charge is 2.20. The van der Waals surface area contributed by atoms with E-state index in [1.165, 1.54) is 4.68 Å². The Morgan fingerprint density at radius 1 is 1.16 bits per heavy atom. The van der Waals surface area contributed by atoms with Crippen molar-refractivity contribution in [3.8, 4) is 11.8 Å². The van der Waals surface area contributed by atoms with Crippen LogP contribution in [0.15, 0.2) is 48.7 Å². The van der Waals surface area contributed by atoms with E-state index < -0.39 is 0 Å². The lowest BCUT2D eigenvalue weighted by molar-refractivity contribution is -0.116. The number of hydrogen-bond donors (Lipinski definition) is 2. The second-order valence-electron chi connectivity index (χ2n) is 9.06.